The van der Waals surface area contributed by atoms with Crippen molar-refractivity contribution >= 4 is 6.98 Å². The standard InChI is InChI=1S/C5H10BF3N/c7-6(8,9)5-10-3-1-2-4-10/h1-5H2/q-1/p+1. The van der Waals surface area contributed by atoms with Crippen LogP contribution in [-0.2, 0) is 0 Å². The Morgan fingerprint density at radius 3 is 2.10 bits per heavy atom. The fourth-order valence-corrected chi connectivity index (χ4v) is 1.26. The van der Waals surface area contributed by atoms with E-state index in [4.69, 9.17) is 0 Å². The van der Waals surface area contributed by atoms with Crippen LogP contribution in [0.1, 0.15) is 14.3 Å². The normalized spacial score (nSPS) is 21.9. The van der Waals surface area contributed by atoms with Gasteiger partial charge in [0, 0.05) is 0 Å². The Labute approximate surface area is 59.7 Å². The predicted molar refractivity (Wildman–Crippen MR) is 35.9 cm³/mol. The lowest BCUT2D eigenvalue weighted by Crippen LogP contribution is -2.35. The van der Waals surface area contributed by atoms with E-state index in [9.17, 15) is 12.9 Å². The van der Waals surface area contributed by atoms with Crippen LogP contribution in [0.5, 0.6) is 0 Å². The molecule has 60 valence electrons. The van der Waals surface area contributed by atoms with Gasteiger partial charge in [0.05, 0.1) is 0 Å². The molecule has 0 aromatic carbocycles. The number of hydrogen-bond donors (Lipinski definition) is 0. The molecule has 1 nitrogen and oxygen atoms in total. The predicted octanol–water partition coefficient (Wildman–Crippen LogP) is 1.58. The van der Waals surface area contributed by atoms with Crippen molar-refractivity contribution in [3.8, 4) is 0 Å². The summed E-state index contributed by atoms with van der Waals surface area (Å²) in [5.74, 6) is 0. The highest BCUT2D eigenvalue weighted by Crippen LogP contribution is 2.14. The van der Waals surface area contributed by atoms with Gasteiger partial charge in [-0.25, -0.2) is 0 Å². The second-order valence-electron chi connectivity index (χ2n) is 2.72. The third kappa shape index (κ3) is 2.60. The van der Waals surface area contributed by atoms with Crippen molar-refractivity contribution in [3.05, 3.63) is 0 Å². The van der Waals surface area contributed by atoms with E-state index < -0.39 is 13.4 Å². The summed E-state index contributed by atoms with van der Waals surface area (Å²) in [7, 11) is 0. The smallest absolute Gasteiger partial charge is 0.448 e. The molecule has 0 aromatic heterocycles. The van der Waals surface area contributed by atoms with Crippen LogP contribution < -0.4 is 0 Å². The molecular weight excluding hydrogens is 142 g/mol. The lowest BCUT2D eigenvalue weighted by Gasteiger charge is -2.22. The minimum Gasteiger partial charge on any atom is -0.448 e. The van der Waals surface area contributed by atoms with Gasteiger partial charge in [-0.1, -0.05) is 0 Å². The molecule has 0 unspecified atom stereocenters. The minimum absolute atomic E-state index is 0. The summed E-state index contributed by atoms with van der Waals surface area (Å²) in [5, 5.41) is 0. The number of halogens is 3. The number of nitrogens with zero attached hydrogens (tertiary/aromatic N) is 1. The van der Waals surface area contributed by atoms with E-state index in [1.165, 1.54) is 4.90 Å². The molecule has 1 aliphatic heterocycles. The Morgan fingerprint density at radius 1 is 1.20 bits per heavy atom. The summed E-state index contributed by atoms with van der Waals surface area (Å²) in [6, 6.07) is 0. The third-order valence-electron chi connectivity index (χ3n) is 1.66. The van der Waals surface area contributed by atoms with E-state index >= 15 is 0 Å². The maximum atomic E-state index is 11.7. The van der Waals surface area contributed by atoms with Crippen LogP contribution in [0.4, 0.5) is 12.9 Å². The van der Waals surface area contributed by atoms with Crippen LogP contribution in [0.25, 0.3) is 0 Å². The first kappa shape index (κ1) is 7.92. The van der Waals surface area contributed by atoms with Crippen molar-refractivity contribution in [1.82, 2.24) is 4.90 Å². The van der Waals surface area contributed by atoms with Crippen molar-refractivity contribution in [2.75, 3.05) is 19.5 Å². The van der Waals surface area contributed by atoms with Gasteiger partial charge in [0.2, 0.25) is 0 Å². The first-order valence-electron chi connectivity index (χ1n) is 3.51. The highest BCUT2D eigenvalue weighted by molar-refractivity contribution is 6.58. The molecule has 0 atom stereocenters. The Bertz CT molecular complexity index is 113. The molecule has 0 radical (unpaired) electrons. The van der Waals surface area contributed by atoms with Gasteiger partial charge in [0.25, 0.3) is 0 Å². The van der Waals surface area contributed by atoms with Crippen LogP contribution in [0.2, 0.25) is 0 Å². The maximum absolute atomic E-state index is 11.7. The monoisotopic (exact) mass is 153 g/mol. The van der Waals surface area contributed by atoms with Crippen LogP contribution in [0, 0.1) is 0 Å². The van der Waals surface area contributed by atoms with Crippen molar-refractivity contribution in [2.24, 2.45) is 0 Å². The third-order valence-corrected chi connectivity index (χ3v) is 1.66. The molecule has 10 heavy (non-hydrogen) atoms. The molecule has 0 aliphatic carbocycles. The summed E-state index contributed by atoms with van der Waals surface area (Å²) in [5.41, 5.74) is 0. The molecule has 1 heterocycles. The summed E-state index contributed by atoms with van der Waals surface area (Å²) in [6.45, 7) is -3.34. The van der Waals surface area contributed by atoms with E-state index in [0.29, 0.717) is 13.1 Å². The Balaban J connectivity index is 0.000001000. The molecule has 0 saturated carbocycles. The summed E-state index contributed by atoms with van der Waals surface area (Å²) >= 11 is 0. The van der Waals surface area contributed by atoms with Crippen molar-refractivity contribution in [3.63, 3.8) is 0 Å². The Hall–Kier alpha value is -0.185. The van der Waals surface area contributed by atoms with E-state index in [2.05, 4.69) is 0 Å². The fraction of sp³-hybridized carbons (Fsp3) is 1.00. The van der Waals surface area contributed by atoms with Crippen molar-refractivity contribution < 1.29 is 14.4 Å². The Kier molecular flexibility index (Phi) is 2.23. The molecule has 0 amide bonds. The van der Waals surface area contributed by atoms with Gasteiger partial charge in [-0.15, -0.1) is 0 Å². The molecule has 0 spiro atoms. The van der Waals surface area contributed by atoms with E-state index in [-0.39, 0.29) is 1.43 Å². The molecule has 1 fully saturated rings. The summed E-state index contributed by atoms with van der Waals surface area (Å²) in [4.78, 5) is 1.47. The zero-order chi connectivity index (χ0) is 7.61. The summed E-state index contributed by atoms with van der Waals surface area (Å²) < 4.78 is 35.2. The van der Waals surface area contributed by atoms with Crippen LogP contribution in [-0.4, -0.2) is 31.4 Å². The van der Waals surface area contributed by atoms with Crippen LogP contribution in [0.3, 0.4) is 0 Å². The second kappa shape index (κ2) is 2.82. The molecule has 0 aromatic rings. The van der Waals surface area contributed by atoms with E-state index in [0.717, 1.165) is 12.8 Å². The average molecular weight is 153 g/mol. The molecule has 1 saturated heterocycles. The average Bonchev–Trinajstić information content (AvgIpc) is 2.12. The molecule has 0 bridgehead atoms. The highest BCUT2D eigenvalue weighted by atomic mass is 19.4. The van der Waals surface area contributed by atoms with E-state index in [1.54, 1.807) is 0 Å². The van der Waals surface area contributed by atoms with Crippen molar-refractivity contribution in [2.45, 2.75) is 12.8 Å². The van der Waals surface area contributed by atoms with E-state index in [1.807, 2.05) is 0 Å². The van der Waals surface area contributed by atoms with Gasteiger partial charge in [0.15, 0.2) is 0 Å². The molecule has 0 N–H and O–H groups in total. The molecule has 1 aliphatic rings. The van der Waals surface area contributed by atoms with Gasteiger partial charge in [0.1, 0.15) is 0 Å². The lowest BCUT2D eigenvalue weighted by atomic mass is 9.91. The molecular formula is C5H11BF3N. The zero-order valence-electron chi connectivity index (χ0n) is 6.69. The van der Waals surface area contributed by atoms with Crippen LogP contribution >= 0.6 is 0 Å². The fourth-order valence-electron chi connectivity index (χ4n) is 1.26. The minimum atomic E-state index is -4.59. The quantitative estimate of drug-likeness (QED) is 0.544. The highest BCUT2D eigenvalue weighted by Gasteiger charge is 2.27. The van der Waals surface area contributed by atoms with Crippen LogP contribution in [0.15, 0.2) is 0 Å². The first-order valence-corrected chi connectivity index (χ1v) is 3.51. The molecule has 5 heteroatoms. The van der Waals surface area contributed by atoms with Gasteiger partial charge in [-0.05, 0) is 32.4 Å². The molecule has 1 rings (SSSR count). The lowest BCUT2D eigenvalue weighted by molar-refractivity contribution is 0.331. The largest absolute Gasteiger partial charge is 1.00 e. The maximum Gasteiger partial charge on any atom is 1.00 e. The first-order chi connectivity index (χ1) is 4.58. The SMILES string of the molecule is F[B-](F)(F)CN1CCCC1.[H+]. The Morgan fingerprint density at radius 2 is 1.70 bits per heavy atom. The topological polar surface area (TPSA) is 3.24 Å². The van der Waals surface area contributed by atoms with Gasteiger partial charge in [-0.2, -0.15) is 0 Å². The number of likely N-dealkylation sites (tertiary alicyclic amines) is 1. The van der Waals surface area contributed by atoms with Crippen molar-refractivity contribution in [1.29, 1.82) is 0 Å². The number of rotatable bonds is 2. The zero-order valence-corrected chi connectivity index (χ0v) is 5.69. The van der Waals surface area contributed by atoms with Gasteiger partial charge in [-0.3, -0.25) is 0 Å². The van der Waals surface area contributed by atoms with Gasteiger partial charge < -0.3 is 17.8 Å². The van der Waals surface area contributed by atoms with Gasteiger partial charge >= 0.3 is 8.40 Å². The number of hydrogen-bond acceptors (Lipinski definition) is 1. The summed E-state index contributed by atoms with van der Waals surface area (Å²) in [6.07, 6.45) is 1.18. The second-order valence-corrected chi connectivity index (χ2v) is 2.72.